The number of imidazole rings is 1. The Bertz CT molecular complexity index is 1510. The number of hydrogen-bond donors (Lipinski definition) is 0. The predicted octanol–water partition coefficient (Wildman–Crippen LogP) is 4.09. The number of benzene rings is 2. The molecule has 6 rings (SSSR count). The highest BCUT2D eigenvalue weighted by molar-refractivity contribution is 7.99. The van der Waals surface area contributed by atoms with Crippen molar-refractivity contribution in [2.24, 2.45) is 0 Å². The summed E-state index contributed by atoms with van der Waals surface area (Å²) in [6, 6.07) is 15.8. The van der Waals surface area contributed by atoms with Crippen LogP contribution in [0.1, 0.15) is 32.1 Å². The molecule has 1 saturated carbocycles. The first kappa shape index (κ1) is 21.9. The molecule has 1 amide bonds. The molecule has 0 unspecified atom stereocenters. The lowest BCUT2D eigenvalue weighted by Crippen LogP contribution is -2.47. The van der Waals surface area contributed by atoms with Gasteiger partial charge in [0, 0.05) is 17.5 Å². The van der Waals surface area contributed by atoms with E-state index < -0.39 is 9.84 Å². The average molecular weight is 495 g/mol. The Balaban J connectivity index is 1.36. The van der Waals surface area contributed by atoms with Crippen LogP contribution in [0.4, 0.5) is 0 Å². The number of nitrogens with zero attached hydrogens (tertiary/aromatic N) is 4. The SMILES string of the molecule is O=C(CSc1nc2ccccc2c2nc3ccccc3n12)N(C1CCCC1)[C@@H]1CCS(=O)(=O)C1. The highest BCUT2D eigenvalue weighted by Gasteiger charge is 2.39. The summed E-state index contributed by atoms with van der Waals surface area (Å²) in [7, 11) is -3.07. The van der Waals surface area contributed by atoms with Gasteiger partial charge >= 0.3 is 0 Å². The zero-order chi connectivity index (χ0) is 23.3. The maximum absolute atomic E-state index is 13.6. The molecule has 7 nitrogen and oxygen atoms in total. The van der Waals surface area contributed by atoms with Crippen molar-refractivity contribution < 1.29 is 13.2 Å². The molecule has 1 aliphatic carbocycles. The number of fused-ring (bicyclic) bond motifs is 5. The smallest absolute Gasteiger partial charge is 0.233 e. The normalized spacial score (nSPS) is 20.5. The van der Waals surface area contributed by atoms with Gasteiger partial charge in [0.2, 0.25) is 5.91 Å². The number of aromatic nitrogens is 3. The number of carbonyl (C=O) groups is 1. The van der Waals surface area contributed by atoms with Crippen LogP contribution in [0.5, 0.6) is 0 Å². The molecule has 0 radical (unpaired) electrons. The van der Waals surface area contributed by atoms with Crippen LogP contribution < -0.4 is 0 Å². The maximum atomic E-state index is 13.6. The topological polar surface area (TPSA) is 84.6 Å². The van der Waals surface area contributed by atoms with Gasteiger partial charge in [0.15, 0.2) is 15.0 Å². The standard InChI is InChI=1S/C25H26N4O3S2/c30-23(28(17-7-1-2-8-17)18-13-14-34(31,32)16-18)15-33-25-27-20-10-4-3-9-19(20)24-26-21-11-5-6-12-22(21)29(24)25/h3-6,9-12,17-18H,1-2,7-8,13-16H2/t18-/m1/s1. The van der Waals surface area contributed by atoms with Crippen LogP contribution >= 0.6 is 11.8 Å². The Morgan fingerprint density at radius 1 is 0.971 bits per heavy atom. The molecule has 34 heavy (non-hydrogen) atoms. The molecule has 2 aliphatic rings. The summed E-state index contributed by atoms with van der Waals surface area (Å²) in [6.45, 7) is 0. The van der Waals surface area contributed by atoms with E-state index in [9.17, 15) is 13.2 Å². The molecular weight excluding hydrogens is 468 g/mol. The minimum atomic E-state index is -3.07. The largest absolute Gasteiger partial charge is 0.335 e. The highest BCUT2D eigenvalue weighted by atomic mass is 32.2. The number of hydrogen-bond acceptors (Lipinski definition) is 6. The van der Waals surface area contributed by atoms with Crippen molar-refractivity contribution in [3.05, 3.63) is 48.5 Å². The van der Waals surface area contributed by atoms with Gasteiger partial charge in [-0.15, -0.1) is 0 Å². The van der Waals surface area contributed by atoms with Crippen molar-refractivity contribution in [2.75, 3.05) is 17.3 Å². The van der Waals surface area contributed by atoms with Gasteiger partial charge in [0.25, 0.3) is 0 Å². The molecule has 2 aromatic carbocycles. The molecule has 2 aromatic heterocycles. The second-order valence-corrected chi connectivity index (χ2v) is 12.4. The Hall–Kier alpha value is -2.65. The van der Waals surface area contributed by atoms with Gasteiger partial charge in [-0.05, 0) is 43.5 Å². The fourth-order valence-electron chi connectivity index (χ4n) is 5.49. The van der Waals surface area contributed by atoms with E-state index in [0.717, 1.165) is 58.4 Å². The average Bonchev–Trinajstić information content (AvgIpc) is 3.57. The third kappa shape index (κ3) is 3.84. The van der Waals surface area contributed by atoms with Crippen LogP contribution in [-0.2, 0) is 14.6 Å². The molecule has 3 heterocycles. The van der Waals surface area contributed by atoms with Gasteiger partial charge in [-0.2, -0.15) is 0 Å². The van der Waals surface area contributed by atoms with E-state index in [0.29, 0.717) is 6.42 Å². The van der Waals surface area contributed by atoms with E-state index >= 15 is 0 Å². The molecule has 9 heteroatoms. The quantitative estimate of drug-likeness (QED) is 0.307. The van der Waals surface area contributed by atoms with Gasteiger partial charge < -0.3 is 4.90 Å². The van der Waals surface area contributed by atoms with E-state index in [1.807, 2.05) is 57.8 Å². The molecule has 4 aromatic rings. The van der Waals surface area contributed by atoms with Crippen molar-refractivity contribution in [1.29, 1.82) is 0 Å². The zero-order valence-electron chi connectivity index (χ0n) is 18.8. The summed E-state index contributed by atoms with van der Waals surface area (Å²) in [5.74, 6) is 0.492. The lowest BCUT2D eigenvalue weighted by Gasteiger charge is -2.34. The van der Waals surface area contributed by atoms with Crippen LogP contribution in [-0.4, -0.2) is 62.9 Å². The van der Waals surface area contributed by atoms with Crippen molar-refractivity contribution in [1.82, 2.24) is 19.3 Å². The lowest BCUT2D eigenvalue weighted by atomic mass is 10.1. The fourth-order valence-corrected chi connectivity index (χ4v) is 8.08. The minimum absolute atomic E-state index is 0.00605. The van der Waals surface area contributed by atoms with Gasteiger partial charge in [-0.25, -0.2) is 18.4 Å². The van der Waals surface area contributed by atoms with Crippen LogP contribution in [0.2, 0.25) is 0 Å². The molecular formula is C25H26N4O3S2. The third-order valence-electron chi connectivity index (χ3n) is 7.05. The van der Waals surface area contributed by atoms with E-state index in [4.69, 9.17) is 9.97 Å². The molecule has 0 N–H and O–H groups in total. The predicted molar refractivity (Wildman–Crippen MR) is 135 cm³/mol. The second kappa shape index (κ2) is 8.53. The number of para-hydroxylation sites is 3. The summed E-state index contributed by atoms with van der Waals surface area (Å²) in [4.78, 5) is 25.2. The minimum Gasteiger partial charge on any atom is -0.335 e. The first-order valence-corrected chi connectivity index (χ1v) is 14.6. The Morgan fingerprint density at radius 2 is 1.71 bits per heavy atom. The van der Waals surface area contributed by atoms with E-state index in [2.05, 4.69) is 0 Å². The van der Waals surface area contributed by atoms with E-state index in [1.54, 1.807) is 0 Å². The Kier molecular flexibility index (Phi) is 5.49. The van der Waals surface area contributed by atoms with Crippen LogP contribution in [0.3, 0.4) is 0 Å². The summed E-state index contributed by atoms with van der Waals surface area (Å²) in [5, 5.41) is 1.69. The van der Waals surface area contributed by atoms with Crippen molar-refractivity contribution in [3.8, 4) is 0 Å². The summed E-state index contributed by atoms with van der Waals surface area (Å²) in [6.07, 6.45) is 4.64. The first-order chi connectivity index (χ1) is 16.5. The fraction of sp³-hybridized carbons (Fsp3) is 0.400. The summed E-state index contributed by atoms with van der Waals surface area (Å²) >= 11 is 1.41. The van der Waals surface area contributed by atoms with Crippen LogP contribution in [0, 0.1) is 0 Å². The number of rotatable bonds is 5. The van der Waals surface area contributed by atoms with E-state index in [-0.39, 0.29) is 35.2 Å². The monoisotopic (exact) mass is 494 g/mol. The molecule has 176 valence electrons. The molecule has 0 bridgehead atoms. The number of amides is 1. The van der Waals surface area contributed by atoms with Crippen molar-refractivity contribution in [2.45, 2.75) is 49.3 Å². The molecule has 2 fully saturated rings. The summed E-state index contributed by atoms with van der Waals surface area (Å²) in [5.41, 5.74) is 3.52. The highest BCUT2D eigenvalue weighted by Crippen LogP contribution is 2.32. The van der Waals surface area contributed by atoms with Crippen molar-refractivity contribution in [3.63, 3.8) is 0 Å². The number of sulfone groups is 1. The maximum Gasteiger partial charge on any atom is 0.233 e. The Morgan fingerprint density at radius 3 is 2.47 bits per heavy atom. The number of carbonyl (C=O) groups excluding carboxylic acids is 1. The molecule has 1 atom stereocenters. The van der Waals surface area contributed by atoms with Gasteiger partial charge in [-0.3, -0.25) is 9.20 Å². The second-order valence-electron chi connectivity index (χ2n) is 9.26. The zero-order valence-corrected chi connectivity index (χ0v) is 20.4. The molecule has 1 saturated heterocycles. The van der Waals surface area contributed by atoms with Crippen LogP contribution in [0.25, 0.3) is 27.6 Å². The van der Waals surface area contributed by atoms with Gasteiger partial charge in [-0.1, -0.05) is 48.9 Å². The lowest BCUT2D eigenvalue weighted by molar-refractivity contribution is -0.132. The molecule has 1 aliphatic heterocycles. The number of thioether (sulfide) groups is 1. The molecule has 0 spiro atoms. The van der Waals surface area contributed by atoms with Crippen LogP contribution in [0.15, 0.2) is 53.7 Å². The first-order valence-electron chi connectivity index (χ1n) is 11.8. The van der Waals surface area contributed by atoms with Gasteiger partial charge in [0.05, 0.1) is 33.8 Å². The third-order valence-corrected chi connectivity index (χ3v) is 9.72. The Labute approximate surface area is 202 Å². The summed E-state index contributed by atoms with van der Waals surface area (Å²) < 4.78 is 26.4. The van der Waals surface area contributed by atoms with Gasteiger partial charge in [0.1, 0.15) is 5.65 Å². The van der Waals surface area contributed by atoms with E-state index in [1.165, 1.54) is 11.8 Å². The van der Waals surface area contributed by atoms with Crippen molar-refractivity contribution >= 4 is 55.1 Å².